The number of amides is 1. The van der Waals surface area contributed by atoms with Crippen LogP contribution in [0.5, 0.6) is 0 Å². The molecule has 0 unspecified atom stereocenters. The average Bonchev–Trinajstić information content (AvgIpc) is 2.96. The van der Waals surface area contributed by atoms with Gasteiger partial charge >= 0.3 is 5.97 Å². The molecule has 0 radical (unpaired) electrons. The molecule has 1 saturated carbocycles. The smallest absolute Gasteiger partial charge is 0.323 e. The molecular formula is C11H20N2O3. The number of carboxylic acid groups (broad SMARTS) is 1. The van der Waals surface area contributed by atoms with E-state index in [0.29, 0.717) is 19.0 Å². The highest BCUT2D eigenvalue weighted by molar-refractivity contribution is 5.82. The zero-order valence-corrected chi connectivity index (χ0v) is 9.90. The zero-order chi connectivity index (χ0) is 12.1. The summed E-state index contributed by atoms with van der Waals surface area (Å²) in [7, 11) is 0. The lowest BCUT2D eigenvalue weighted by Crippen LogP contribution is -2.39. The van der Waals surface area contributed by atoms with Crippen LogP contribution in [-0.4, -0.2) is 47.1 Å². The second kappa shape index (κ2) is 5.84. The van der Waals surface area contributed by atoms with Crippen LogP contribution in [0.4, 0.5) is 0 Å². The number of nitrogens with zero attached hydrogens (tertiary/aromatic N) is 1. The summed E-state index contributed by atoms with van der Waals surface area (Å²) < 4.78 is 0. The van der Waals surface area contributed by atoms with Gasteiger partial charge in [-0.1, -0.05) is 13.8 Å². The van der Waals surface area contributed by atoms with E-state index in [0.717, 1.165) is 12.8 Å². The van der Waals surface area contributed by atoms with Crippen LogP contribution in [0.25, 0.3) is 0 Å². The number of carbonyl (C=O) groups is 2. The van der Waals surface area contributed by atoms with E-state index in [2.05, 4.69) is 5.32 Å². The lowest BCUT2D eigenvalue weighted by Gasteiger charge is -2.20. The first kappa shape index (κ1) is 13.0. The molecule has 1 rings (SSSR count). The standard InChI is InChI=1S/C11H20N2O3/c1-8(2)12-6-5-10(14)13(7-11(15)16)9-3-4-9/h8-9,12H,3-7H2,1-2H3,(H,15,16). The Kier molecular flexibility index (Phi) is 4.73. The van der Waals surface area contributed by atoms with Crippen molar-refractivity contribution in [2.24, 2.45) is 0 Å². The summed E-state index contributed by atoms with van der Waals surface area (Å²) >= 11 is 0. The maximum absolute atomic E-state index is 11.8. The van der Waals surface area contributed by atoms with Gasteiger partial charge in [0.25, 0.3) is 0 Å². The topological polar surface area (TPSA) is 69.6 Å². The van der Waals surface area contributed by atoms with Gasteiger partial charge in [-0.15, -0.1) is 0 Å². The van der Waals surface area contributed by atoms with Gasteiger partial charge in [-0.05, 0) is 12.8 Å². The Hall–Kier alpha value is -1.10. The highest BCUT2D eigenvalue weighted by Crippen LogP contribution is 2.26. The fourth-order valence-corrected chi connectivity index (χ4v) is 1.56. The normalized spacial score (nSPS) is 15.2. The van der Waals surface area contributed by atoms with Crippen LogP contribution in [0.2, 0.25) is 0 Å². The van der Waals surface area contributed by atoms with Crippen LogP contribution in [0.15, 0.2) is 0 Å². The molecule has 0 aromatic heterocycles. The average molecular weight is 228 g/mol. The maximum atomic E-state index is 11.8. The van der Waals surface area contributed by atoms with Crippen LogP contribution in [0.1, 0.15) is 33.1 Å². The van der Waals surface area contributed by atoms with Gasteiger partial charge in [0.05, 0.1) is 0 Å². The molecule has 5 heteroatoms. The Bertz CT molecular complexity index is 262. The minimum Gasteiger partial charge on any atom is -0.480 e. The first-order valence-electron chi connectivity index (χ1n) is 5.75. The van der Waals surface area contributed by atoms with Gasteiger partial charge in [0.1, 0.15) is 6.54 Å². The molecule has 0 saturated heterocycles. The van der Waals surface area contributed by atoms with E-state index in [-0.39, 0.29) is 18.5 Å². The summed E-state index contributed by atoms with van der Waals surface area (Å²) in [4.78, 5) is 23.9. The molecule has 16 heavy (non-hydrogen) atoms. The second-order valence-electron chi connectivity index (χ2n) is 4.51. The number of carbonyl (C=O) groups excluding carboxylic acids is 1. The van der Waals surface area contributed by atoms with Gasteiger partial charge in [-0.3, -0.25) is 9.59 Å². The molecule has 0 aromatic carbocycles. The van der Waals surface area contributed by atoms with Gasteiger partial charge in [-0.25, -0.2) is 0 Å². The zero-order valence-electron chi connectivity index (χ0n) is 9.90. The molecule has 1 aliphatic rings. The summed E-state index contributed by atoms with van der Waals surface area (Å²) in [5.41, 5.74) is 0. The Morgan fingerprint density at radius 1 is 1.44 bits per heavy atom. The molecule has 92 valence electrons. The van der Waals surface area contributed by atoms with Gasteiger partial charge in [0.2, 0.25) is 5.91 Å². The van der Waals surface area contributed by atoms with Gasteiger partial charge < -0.3 is 15.3 Å². The number of carboxylic acids is 1. The lowest BCUT2D eigenvalue weighted by atomic mass is 10.3. The van der Waals surface area contributed by atoms with Gasteiger partial charge in [0.15, 0.2) is 0 Å². The van der Waals surface area contributed by atoms with Crippen molar-refractivity contribution in [2.75, 3.05) is 13.1 Å². The Morgan fingerprint density at radius 2 is 2.06 bits per heavy atom. The Labute approximate surface area is 95.8 Å². The lowest BCUT2D eigenvalue weighted by molar-refractivity contribution is -0.144. The monoisotopic (exact) mass is 228 g/mol. The van der Waals surface area contributed by atoms with Crippen LogP contribution in [0.3, 0.4) is 0 Å². The highest BCUT2D eigenvalue weighted by atomic mass is 16.4. The minimum atomic E-state index is -0.933. The van der Waals surface area contributed by atoms with Crippen LogP contribution in [0, 0.1) is 0 Å². The van der Waals surface area contributed by atoms with Crippen molar-refractivity contribution in [1.82, 2.24) is 10.2 Å². The summed E-state index contributed by atoms with van der Waals surface area (Å²) in [6, 6.07) is 0.518. The van der Waals surface area contributed by atoms with Crippen molar-refractivity contribution in [3.63, 3.8) is 0 Å². The highest BCUT2D eigenvalue weighted by Gasteiger charge is 2.33. The van der Waals surface area contributed by atoms with Crippen LogP contribution in [-0.2, 0) is 9.59 Å². The fraction of sp³-hybridized carbons (Fsp3) is 0.818. The summed E-state index contributed by atoms with van der Waals surface area (Å²) in [5, 5.41) is 11.9. The van der Waals surface area contributed by atoms with E-state index in [1.165, 1.54) is 4.90 Å². The first-order valence-corrected chi connectivity index (χ1v) is 5.75. The second-order valence-corrected chi connectivity index (χ2v) is 4.51. The predicted octanol–water partition coefficient (Wildman–Crippen LogP) is 0.450. The molecule has 0 heterocycles. The quantitative estimate of drug-likeness (QED) is 0.664. The van der Waals surface area contributed by atoms with Gasteiger partial charge in [0, 0.05) is 25.0 Å². The number of hydrogen-bond acceptors (Lipinski definition) is 3. The molecule has 1 fully saturated rings. The first-order chi connectivity index (χ1) is 7.50. The van der Waals surface area contributed by atoms with Crippen molar-refractivity contribution in [2.45, 2.75) is 45.2 Å². The largest absolute Gasteiger partial charge is 0.480 e. The third-order valence-electron chi connectivity index (χ3n) is 2.51. The Balaban J connectivity index is 2.32. The molecule has 0 atom stereocenters. The van der Waals surface area contributed by atoms with Crippen molar-refractivity contribution in [1.29, 1.82) is 0 Å². The maximum Gasteiger partial charge on any atom is 0.323 e. The number of nitrogens with one attached hydrogen (secondary N) is 1. The molecule has 1 amide bonds. The third kappa shape index (κ3) is 4.61. The Morgan fingerprint density at radius 3 is 2.50 bits per heavy atom. The fourth-order valence-electron chi connectivity index (χ4n) is 1.56. The molecule has 0 bridgehead atoms. The van der Waals surface area contributed by atoms with E-state index in [1.807, 2.05) is 13.8 Å². The van der Waals surface area contributed by atoms with Crippen molar-refractivity contribution in [3.8, 4) is 0 Å². The molecule has 0 aliphatic heterocycles. The molecule has 0 spiro atoms. The molecule has 1 aliphatic carbocycles. The summed E-state index contributed by atoms with van der Waals surface area (Å²) in [6.45, 7) is 4.48. The molecule has 2 N–H and O–H groups in total. The van der Waals surface area contributed by atoms with Crippen molar-refractivity contribution >= 4 is 11.9 Å². The number of hydrogen-bond donors (Lipinski definition) is 2. The van der Waals surface area contributed by atoms with Crippen LogP contribution < -0.4 is 5.32 Å². The molecule has 0 aromatic rings. The van der Waals surface area contributed by atoms with E-state index in [4.69, 9.17) is 5.11 Å². The van der Waals surface area contributed by atoms with Crippen molar-refractivity contribution < 1.29 is 14.7 Å². The van der Waals surface area contributed by atoms with Crippen LogP contribution >= 0.6 is 0 Å². The van der Waals surface area contributed by atoms with Gasteiger partial charge in [-0.2, -0.15) is 0 Å². The van der Waals surface area contributed by atoms with E-state index < -0.39 is 5.97 Å². The molecule has 5 nitrogen and oxygen atoms in total. The van der Waals surface area contributed by atoms with Crippen molar-refractivity contribution in [3.05, 3.63) is 0 Å². The number of rotatable bonds is 7. The van der Waals surface area contributed by atoms with E-state index >= 15 is 0 Å². The van der Waals surface area contributed by atoms with E-state index in [9.17, 15) is 9.59 Å². The van der Waals surface area contributed by atoms with E-state index in [1.54, 1.807) is 0 Å². The summed E-state index contributed by atoms with van der Waals surface area (Å²) in [6.07, 6.45) is 2.26. The minimum absolute atomic E-state index is 0.0574. The number of aliphatic carboxylic acids is 1. The predicted molar refractivity (Wildman–Crippen MR) is 60.1 cm³/mol. The summed E-state index contributed by atoms with van der Waals surface area (Å²) in [5.74, 6) is -0.991. The SMILES string of the molecule is CC(C)NCCC(=O)N(CC(=O)O)C1CC1. The molecular weight excluding hydrogens is 208 g/mol. The third-order valence-corrected chi connectivity index (χ3v) is 2.51.